The molecule has 3 aromatic rings. The van der Waals surface area contributed by atoms with Crippen LogP contribution in [0.2, 0.25) is 0 Å². The number of sulfonamides is 1. The van der Waals surface area contributed by atoms with Crippen molar-refractivity contribution in [1.29, 1.82) is 0 Å². The van der Waals surface area contributed by atoms with Crippen molar-refractivity contribution in [3.63, 3.8) is 0 Å². The van der Waals surface area contributed by atoms with Gasteiger partial charge in [0.2, 0.25) is 10.0 Å². The summed E-state index contributed by atoms with van der Waals surface area (Å²) < 4.78 is 33.9. The highest BCUT2D eigenvalue weighted by Crippen LogP contribution is 2.14. The third-order valence-electron chi connectivity index (χ3n) is 3.31. The lowest BCUT2D eigenvalue weighted by molar-refractivity contribution is 0.414. The minimum Gasteiger partial charge on any atom is -0.497 e. The molecule has 7 heteroatoms. The lowest BCUT2D eigenvalue weighted by atomic mass is 10.2. The van der Waals surface area contributed by atoms with Crippen LogP contribution in [0.5, 0.6) is 5.75 Å². The Kier molecular flexibility index (Phi) is 3.82. The summed E-state index contributed by atoms with van der Waals surface area (Å²) in [5, 5.41) is 4.04. The lowest BCUT2D eigenvalue weighted by Crippen LogP contribution is -2.23. The molecule has 0 aliphatic rings. The number of benzene rings is 1. The van der Waals surface area contributed by atoms with Gasteiger partial charge in [-0.15, -0.1) is 0 Å². The number of fused-ring (bicyclic) bond motifs is 1. The number of aromatic nitrogens is 2. The van der Waals surface area contributed by atoms with E-state index in [1.165, 1.54) is 6.07 Å². The highest BCUT2D eigenvalue weighted by atomic mass is 32.2. The van der Waals surface area contributed by atoms with E-state index in [0.717, 1.165) is 16.8 Å². The summed E-state index contributed by atoms with van der Waals surface area (Å²) in [6.45, 7) is 0.219. The molecule has 6 nitrogen and oxygen atoms in total. The zero-order valence-electron chi connectivity index (χ0n) is 11.9. The van der Waals surface area contributed by atoms with Crippen molar-refractivity contribution in [1.82, 2.24) is 14.3 Å². The van der Waals surface area contributed by atoms with Gasteiger partial charge >= 0.3 is 0 Å². The molecule has 1 aromatic carbocycles. The van der Waals surface area contributed by atoms with Crippen molar-refractivity contribution in [2.24, 2.45) is 0 Å². The van der Waals surface area contributed by atoms with Crippen LogP contribution in [0, 0.1) is 0 Å². The summed E-state index contributed by atoms with van der Waals surface area (Å²) in [6, 6.07) is 12.1. The van der Waals surface area contributed by atoms with E-state index >= 15 is 0 Å². The molecule has 114 valence electrons. The summed E-state index contributed by atoms with van der Waals surface area (Å²) in [4.78, 5) is 0.217. The molecule has 0 fully saturated rings. The van der Waals surface area contributed by atoms with E-state index in [1.807, 2.05) is 12.1 Å². The summed E-state index contributed by atoms with van der Waals surface area (Å²) in [5.41, 5.74) is 1.59. The van der Waals surface area contributed by atoms with Gasteiger partial charge in [0, 0.05) is 18.9 Å². The summed E-state index contributed by atoms with van der Waals surface area (Å²) >= 11 is 0. The van der Waals surface area contributed by atoms with Gasteiger partial charge in [-0.05, 0) is 35.9 Å². The highest BCUT2D eigenvalue weighted by molar-refractivity contribution is 7.89. The number of pyridine rings is 1. The van der Waals surface area contributed by atoms with Crippen LogP contribution >= 0.6 is 0 Å². The van der Waals surface area contributed by atoms with Gasteiger partial charge in [-0.2, -0.15) is 5.10 Å². The molecule has 0 amide bonds. The van der Waals surface area contributed by atoms with Crippen LogP contribution in [0.15, 0.2) is 59.8 Å². The van der Waals surface area contributed by atoms with E-state index < -0.39 is 10.0 Å². The monoisotopic (exact) mass is 317 g/mol. The Balaban J connectivity index is 1.77. The molecule has 0 aliphatic carbocycles. The number of nitrogens with one attached hydrogen (secondary N) is 1. The molecule has 0 bridgehead atoms. The minimum absolute atomic E-state index is 0.217. The van der Waals surface area contributed by atoms with Crippen LogP contribution in [0.4, 0.5) is 0 Å². The Morgan fingerprint density at radius 1 is 1.18 bits per heavy atom. The Labute approximate surface area is 128 Å². The standard InChI is InChI=1S/C15H15N3O3S/c1-21-14-4-2-12(3-5-14)11-17-22(19,20)15-7-9-18-13(10-15)6-8-16-18/h2-10,17H,11H2,1H3. The highest BCUT2D eigenvalue weighted by Gasteiger charge is 2.14. The minimum atomic E-state index is -3.57. The van der Waals surface area contributed by atoms with Gasteiger partial charge in [-0.3, -0.25) is 0 Å². The van der Waals surface area contributed by atoms with E-state index in [1.54, 1.807) is 48.3 Å². The third kappa shape index (κ3) is 2.95. The second kappa shape index (κ2) is 5.78. The first-order chi connectivity index (χ1) is 10.6. The van der Waals surface area contributed by atoms with Gasteiger partial charge in [-0.25, -0.2) is 17.7 Å². The number of nitrogens with zero attached hydrogens (tertiary/aromatic N) is 2. The van der Waals surface area contributed by atoms with Gasteiger partial charge in [0.15, 0.2) is 0 Å². The molecule has 0 saturated carbocycles. The SMILES string of the molecule is COc1ccc(CNS(=O)(=O)c2ccn3nccc3c2)cc1. The molecule has 0 radical (unpaired) electrons. The van der Waals surface area contributed by atoms with Crippen molar-refractivity contribution in [2.75, 3.05) is 7.11 Å². The van der Waals surface area contributed by atoms with Gasteiger partial charge in [0.1, 0.15) is 5.75 Å². The zero-order chi connectivity index (χ0) is 15.6. The van der Waals surface area contributed by atoms with E-state index in [4.69, 9.17) is 4.74 Å². The molecule has 3 rings (SSSR count). The molecule has 0 saturated heterocycles. The maximum absolute atomic E-state index is 12.3. The van der Waals surface area contributed by atoms with E-state index in [2.05, 4.69) is 9.82 Å². The number of methoxy groups -OCH3 is 1. The van der Waals surface area contributed by atoms with Crippen molar-refractivity contribution >= 4 is 15.5 Å². The van der Waals surface area contributed by atoms with Gasteiger partial charge in [0.05, 0.1) is 17.5 Å². The lowest BCUT2D eigenvalue weighted by Gasteiger charge is -2.08. The van der Waals surface area contributed by atoms with Gasteiger partial charge < -0.3 is 4.74 Å². The van der Waals surface area contributed by atoms with Crippen molar-refractivity contribution in [3.8, 4) is 5.75 Å². The van der Waals surface area contributed by atoms with Crippen LogP contribution < -0.4 is 9.46 Å². The molecular formula is C15H15N3O3S. The molecular weight excluding hydrogens is 302 g/mol. The summed E-state index contributed by atoms with van der Waals surface area (Å²) in [5.74, 6) is 0.734. The van der Waals surface area contributed by atoms with Crippen molar-refractivity contribution in [2.45, 2.75) is 11.4 Å². The van der Waals surface area contributed by atoms with Crippen molar-refractivity contribution in [3.05, 3.63) is 60.4 Å². The van der Waals surface area contributed by atoms with E-state index in [9.17, 15) is 8.42 Å². The fraction of sp³-hybridized carbons (Fsp3) is 0.133. The Morgan fingerprint density at radius 3 is 2.68 bits per heavy atom. The smallest absolute Gasteiger partial charge is 0.241 e. The summed E-state index contributed by atoms with van der Waals surface area (Å²) in [7, 11) is -1.98. The fourth-order valence-electron chi connectivity index (χ4n) is 2.07. The first kappa shape index (κ1) is 14.6. The molecule has 2 aromatic heterocycles. The number of rotatable bonds is 5. The molecule has 2 heterocycles. The Hall–Kier alpha value is -2.38. The zero-order valence-corrected chi connectivity index (χ0v) is 12.7. The average molecular weight is 317 g/mol. The predicted molar refractivity (Wildman–Crippen MR) is 82.2 cm³/mol. The normalized spacial score (nSPS) is 11.7. The Morgan fingerprint density at radius 2 is 1.95 bits per heavy atom. The molecule has 22 heavy (non-hydrogen) atoms. The maximum atomic E-state index is 12.3. The largest absolute Gasteiger partial charge is 0.497 e. The second-order valence-electron chi connectivity index (χ2n) is 4.74. The Bertz CT molecular complexity index is 886. The molecule has 0 atom stereocenters. The molecule has 0 aliphatic heterocycles. The fourth-order valence-corrected chi connectivity index (χ4v) is 3.11. The third-order valence-corrected chi connectivity index (χ3v) is 4.71. The number of hydrogen-bond donors (Lipinski definition) is 1. The molecule has 1 N–H and O–H groups in total. The van der Waals surface area contributed by atoms with Gasteiger partial charge in [0.25, 0.3) is 0 Å². The second-order valence-corrected chi connectivity index (χ2v) is 6.50. The number of ether oxygens (including phenoxy) is 1. The molecule has 0 spiro atoms. The van der Waals surface area contributed by atoms with E-state index in [-0.39, 0.29) is 11.4 Å². The van der Waals surface area contributed by atoms with Gasteiger partial charge in [-0.1, -0.05) is 12.1 Å². The van der Waals surface area contributed by atoms with Crippen LogP contribution in [0.25, 0.3) is 5.52 Å². The maximum Gasteiger partial charge on any atom is 0.241 e. The predicted octanol–water partition coefficient (Wildman–Crippen LogP) is 1.82. The quantitative estimate of drug-likeness (QED) is 0.779. The first-order valence-electron chi connectivity index (χ1n) is 6.64. The average Bonchev–Trinajstić information content (AvgIpc) is 3.01. The van der Waals surface area contributed by atoms with E-state index in [0.29, 0.717) is 0 Å². The van der Waals surface area contributed by atoms with Crippen LogP contribution in [-0.4, -0.2) is 25.1 Å². The topological polar surface area (TPSA) is 72.7 Å². The first-order valence-corrected chi connectivity index (χ1v) is 8.13. The van der Waals surface area contributed by atoms with Crippen molar-refractivity contribution < 1.29 is 13.2 Å². The van der Waals surface area contributed by atoms with Crippen LogP contribution in [-0.2, 0) is 16.6 Å². The summed E-state index contributed by atoms with van der Waals surface area (Å²) in [6.07, 6.45) is 3.24. The van der Waals surface area contributed by atoms with Crippen LogP contribution in [0.3, 0.4) is 0 Å². The molecule has 0 unspecified atom stereocenters. The number of hydrogen-bond acceptors (Lipinski definition) is 4. The van der Waals surface area contributed by atoms with Crippen LogP contribution in [0.1, 0.15) is 5.56 Å².